The van der Waals surface area contributed by atoms with E-state index < -0.39 is 0 Å². The molecular weight excluding hydrogens is 286 g/mol. The van der Waals surface area contributed by atoms with E-state index in [4.69, 9.17) is 17.3 Å². The number of nitrogens with two attached hydrogens (primary N) is 1. The molecule has 3 aromatic heterocycles. The Morgan fingerprint density at radius 2 is 1.95 bits per heavy atom. The van der Waals surface area contributed by atoms with Gasteiger partial charge in [0, 0.05) is 28.8 Å². The third kappa shape index (κ3) is 1.90. The van der Waals surface area contributed by atoms with Crippen molar-refractivity contribution in [1.29, 1.82) is 0 Å². The molecular formula is C15H10ClN5. The Morgan fingerprint density at radius 3 is 2.86 bits per heavy atom. The average molecular weight is 296 g/mol. The number of hydrogen-bond acceptors (Lipinski definition) is 4. The topological polar surface area (TPSA) is 69.1 Å². The first-order valence-electron chi connectivity index (χ1n) is 6.37. The number of nitrogens with zero attached hydrogens (tertiary/aromatic N) is 4. The molecule has 102 valence electrons. The molecule has 6 heteroatoms. The third-order valence-electron chi connectivity index (χ3n) is 3.37. The van der Waals surface area contributed by atoms with Crippen LogP contribution in [0.25, 0.3) is 27.7 Å². The number of pyridine rings is 1. The number of benzene rings is 1. The van der Waals surface area contributed by atoms with Crippen LogP contribution in [0.3, 0.4) is 0 Å². The molecule has 0 saturated heterocycles. The Kier molecular flexibility index (Phi) is 2.55. The van der Waals surface area contributed by atoms with E-state index in [-0.39, 0.29) is 0 Å². The van der Waals surface area contributed by atoms with Crippen LogP contribution < -0.4 is 5.73 Å². The molecule has 0 aliphatic carbocycles. The van der Waals surface area contributed by atoms with Crippen LogP contribution in [0.1, 0.15) is 0 Å². The molecule has 0 aliphatic heterocycles. The lowest BCUT2D eigenvalue weighted by molar-refractivity contribution is 0.952. The maximum Gasteiger partial charge on any atom is 0.166 e. The Hall–Kier alpha value is -2.66. The number of anilines is 1. The maximum atomic E-state index is 5.99. The largest absolute Gasteiger partial charge is 0.383 e. The first kappa shape index (κ1) is 12.1. The summed E-state index contributed by atoms with van der Waals surface area (Å²) >= 11 is 5.99. The summed E-state index contributed by atoms with van der Waals surface area (Å²) in [5, 5.41) is 5.66. The van der Waals surface area contributed by atoms with E-state index in [1.807, 2.05) is 24.3 Å². The average Bonchev–Trinajstić information content (AvgIpc) is 2.91. The van der Waals surface area contributed by atoms with Crippen molar-refractivity contribution in [2.75, 3.05) is 5.73 Å². The standard InChI is InChI=1S/C15H10ClN5/c16-13-6-14(17)21-15(20-13)11(8-19-21)10-5-9-3-1-2-4-12(9)18-7-10/h1-8H,17H2. The van der Waals surface area contributed by atoms with Gasteiger partial charge in [0.05, 0.1) is 11.7 Å². The quantitative estimate of drug-likeness (QED) is 0.548. The second-order valence-corrected chi connectivity index (χ2v) is 5.10. The predicted molar refractivity (Wildman–Crippen MR) is 83.1 cm³/mol. The van der Waals surface area contributed by atoms with Crippen molar-refractivity contribution in [3.05, 3.63) is 53.9 Å². The molecule has 0 aliphatic rings. The maximum absolute atomic E-state index is 5.99. The van der Waals surface area contributed by atoms with E-state index in [0.29, 0.717) is 16.6 Å². The third-order valence-corrected chi connectivity index (χ3v) is 3.56. The molecule has 0 fully saturated rings. The number of rotatable bonds is 1. The van der Waals surface area contributed by atoms with Gasteiger partial charge in [-0.2, -0.15) is 9.61 Å². The highest BCUT2D eigenvalue weighted by atomic mass is 35.5. The zero-order valence-corrected chi connectivity index (χ0v) is 11.6. The minimum atomic E-state index is 0.343. The summed E-state index contributed by atoms with van der Waals surface area (Å²) in [4.78, 5) is 8.77. The molecule has 2 N–H and O–H groups in total. The molecule has 5 nitrogen and oxygen atoms in total. The number of para-hydroxylation sites is 1. The van der Waals surface area contributed by atoms with E-state index in [9.17, 15) is 0 Å². The summed E-state index contributed by atoms with van der Waals surface area (Å²) in [7, 11) is 0. The first-order valence-corrected chi connectivity index (χ1v) is 6.75. The summed E-state index contributed by atoms with van der Waals surface area (Å²) < 4.78 is 1.57. The molecule has 0 radical (unpaired) electrons. The fraction of sp³-hybridized carbons (Fsp3) is 0. The fourth-order valence-corrected chi connectivity index (χ4v) is 2.57. The van der Waals surface area contributed by atoms with Crippen molar-refractivity contribution in [2.45, 2.75) is 0 Å². The van der Waals surface area contributed by atoms with E-state index >= 15 is 0 Å². The smallest absolute Gasteiger partial charge is 0.166 e. The SMILES string of the molecule is Nc1cc(Cl)nc2c(-c3cnc4ccccc4c3)cnn12. The van der Waals surface area contributed by atoms with Gasteiger partial charge in [0.1, 0.15) is 11.0 Å². The lowest BCUT2D eigenvalue weighted by Gasteiger charge is -2.03. The summed E-state index contributed by atoms with van der Waals surface area (Å²) in [5.74, 6) is 0.449. The van der Waals surface area contributed by atoms with E-state index in [1.165, 1.54) is 0 Å². The molecule has 1 aromatic carbocycles. The zero-order chi connectivity index (χ0) is 14.4. The summed E-state index contributed by atoms with van der Waals surface area (Å²) in [6.45, 7) is 0. The Labute approximate surface area is 125 Å². The van der Waals surface area contributed by atoms with Crippen molar-refractivity contribution in [2.24, 2.45) is 0 Å². The van der Waals surface area contributed by atoms with E-state index in [1.54, 1.807) is 23.0 Å². The van der Waals surface area contributed by atoms with Gasteiger partial charge in [-0.25, -0.2) is 4.98 Å². The molecule has 0 amide bonds. The van der Waals surface area contributed by atoms with Gasteiger partial charge in [0.25, 0.3) is 0 Å². The highest BCUT2D eigenvalue weighted by Gasteiger charge is 2.12. The second kappa shape index (κ2) is 4.43. The minimum Gasteiger partial charge on any atom is -0.383 e. The lowest BCUT2D eigenvalue weighted by atomic mass is 10.1. The number of aromatic nitrogens is 4. The zero-order valence-electron chi connectivity index (χ0n) is 10.9. The molecule has 0 spiro atoms. The molecule has 4 aromatic rings. The molecule has 0 unspecified atom stereocenters. The van der Waals surface area contributed by atoms with Gasteiger partial charge < -0.3 is 5.73 Å². The van der Waals surface area contributed by atoms with Gasteiger partial charge in [0.2, 0.25) is 0 Å². The lowest BCUT2D eigenvalue weighted by Crippen LogP contribution is -1.99. The molecule has 0 bridgehead atoms. The van der Waals surface area contributed by atoms with Crippen LogP contribution in [-0.4, -0.2) is 19.6 Å². The van der Waals surface area contributed by atoms with Crippen molar-refractivity contribution in [3.63, 3.8) is 0 Å². The van der Waals surface area contributed by atoms with Crippen molar-refractivity contribution < 1.29 is 0 Å². The Bertz CT molecular complexity index is 976. The molecule has 21 heavy (non-hydrogen) atoms. The van der Waals surface area contributed by atoms with Crippen LogP contribution in [0.5, 0.6) is 0 Å². The molecule has 0 atom stereocenters. The molecule has 3 heterocycles. The second-order valence-electron chi connectivity index (χ2n) is 4.71. The van der Waals surface area contributed by atoms with Crippen molar-refractivity contribution in [3.8, 4) is 11.1 Å². The van der Waals surface area contributed by atoms with Crippen LogP contribution in [0.2, 0.25) is 5.15 Å². The van der Waals surface area contributed by atoms with Crippen LogP contribution in [0, 0.1) is 0 Å². The number of hydrogen-bond donors (Lipinski definition) is 1. The predicted octanol–water partition coefficient (Wildman–Crippen LogP) is 3.18. The summed E-state index contributed by atoms with van der Waals surface area (Å²) in [5.41, 5.74) is 9.25. The fourth-order valence-electron chi connectivity index (χ4n) is 2.38. The highest BCUT2D eigenvalue weighted by Crippen LogP contribution is 2.27. The van der Waals surface area contributed by atoms with Gasteiger partial charge in [-0.3, -0.25) is 4.98 Å². The highest BCUT2D eigenvalue weighted by molar-refractivity contribution is 6.29. The van der Waals surface area contributed by atoms with Crippen molar-refractivity contribution >= 4 is 34.0 Å². The van der Waals surface area contributed by atoms with Crippen LogP contribution in [-0.2, 0) is 0 Å². The summed E-state index contributed by atoms with van der Waals surface area (Å²) in [6, 6.07) is 11.6. The summed E-state index contributed by atoms with van der Waals surface area (Å²) in [6.07, 6.45) is 3.53. The van der Waals surface area contributed by atoms with Gasteiger partial charge in [0.15, 0.2) is 5.65 Å². The van der Waals surface area contributed by atoms with Crippen LogP contribution in [0.15, 0.2) is 48.8 Å². The van der Waals surface area contributed by atoms with Crippen LogP contribution >= 0.6 is 11.6 Å². The Balaban J connectivity index is 2.00. The number of fused-ring (bicyclic) bond motifs is 2. The van der Waals surface area contributed by atoms with E-state index in [0.717, 1.165) is 22.0 Å². The minimum absolute atomic E-state index is 0.343. The van der Waals surface area contributed by atoms with Gasteiger partial charge in [-0.15, -0.1) is 0 Å². The first-order chi connectivity index (χ1) is 10.2. The van der Waals surface area contributed by atoms with Gasteiger partial charge in [-0.05, 0) is 12.1 Å². The number of nitrogen functional groups attached to an aromatic ring is 1. The molecule has 0 saturated carbocycles. The van der Waals surface area contributed by atoms with Crippen LogP contribution in [0.4, 0.5) is 5.82 Å². The normalized spacial score (nSPS) is 11.3. The molecule has 4 rings (SSSR count). The monoisotopic (exact) mass is 295 g/mol. The van der Waals surface area contributed by atoms with Crippen molar-refractivity contribution in [1.82, 2.24) is 19.6 Å². The van der Waals surface area contributed by atoms with Gasteiger partial charge in [-0.1, -0.05) is 29.8 Å². The van der Waals surface area contributed by atoms with Gasteiger partial charge >= 0.3 is 0 Å². The number of halogens is 1. The van der Waals surface area contributed by atoms with E-state index in [2.05, 4.69) is 21.1 Å². The Morgan fingerprint density at radius 1 is 1.10 bits per heavy atom.